The molecular weight excluding hydrogens is 837 g/mol. The first-order valence-corrected chi connectivity index (χ1v) is 16.1. The molecule has 4 aromatic rings. The third kappa shape index (κ3) is 26.7. The molecule has 0 aliphatic rings. The lowest BCUT2D eigenvalue weighted by molar-refractivity contribution is -0.384. The highest BCUT2D eigenvalue weighted by atomic mass is 35.5. The average Bonchev–Trinajstić information content (AvgIpc) is 3.22. The lowest BCUT2D eigenvalue weighted by Crippen LogP contribution is -1.94. The molecular formula is C39H40B3Cl3N5O10. The topological polar surface area (TPSA) is 240 Å². The zero-order valence-electron chi connectivity index (χ0n) is 32.0. The molecule has 0 heterocycles. The van der Waals surface area contributed by atoms with E-state index in [9.17, 15) is 30.3 Å². The SMILES string of the molecule is C.C#CC#C.C=C.CC#CC#CC.COc1cccc(N)c1Cl.COc1cccc([N+](=O)[O-])c1Cl.Nc1c(O)cccc1[N+](=O)[O-].O=[N+]([O-])c1cccc(O)c1Cl.[B].[B][B]. The van der Waals surface area contributed by atoms with Crippen LogP contribution in [0.3, 0.4) is 0 Å². The van der Waals surface area contributed by atoms with E-state index in [1.165, 1.54) is 55.6 Å². The van der Waals surface area contributed by atoms with E-state index in [2.05, 4.69) is 65.2 Å². The van der Waals surface area contributed by atoms with Crippen molar-refractivity contribution in [2.24, 2.45) is 0 Å². The summed E-state index contributed by atoms with van der Waals surface area (Å²) in [4.78, 5) is 28.9. The van der Waals surface area contributed by atoms with E-state index in [0.29, 0.717) is 22.2 Å². The number of phenols is 2. The predicted molar refractivity (Wildman–Crippen MR) is 246 cm³/mol. The van der Waals surface area contributed by atoms with E-state index in [1.54, 1.807) is 45.2 Å². The van der Waals surface area contributed by atoms with Gasteiger partial charge < -0.3 is 31.2 Å². The van der Waals surface area contributed by atoms with Crippen molar-refractivity contribution in [1.29, 1.82) is 0 Å². The first-order chi connectivity index (χ1) is 27.5. The van der Waals surface area contributed by atoms with Gasteiger partial charge in [0.05, 0.1) is 34.7 Å². The van der Waals surface area contributed by atoms with Gasteiger partial charge in [-0.3, -0.25) is 30.3 Å². The molecule has 0 spiro atoms. The Balaban J connectivity index is -0.000000146. The summed E-state index contributed by atoms with van der Waals surface area (Å²) >= 11 is 16.8. The van der Waals surface area contributed by atoms with Gasteiger partial charge in [0.2, 0.25) is 0 Å². The molecule has 21 heteroatoms. The van der Waals surface area contributed by atoms with Crippen LogP contribution in [0.4, 0.5) is 28.4 Å². The van der Waals surface area contributed by atoms with Crippen LogP contribution in [0, 0.1) is 78.7 Å². The van der Waals surface area contributed by atoms with Crippen LogP contribution in [0.1, 0.15) is 21.3 Å². The molecule has 0 aliphatic heterocycles. The van der Waals surface area contributed by atoms with E-state index < -0.39 is 14.8 Å². The molecule has 7 radical (unpaired) electrons. The van der Waals surface area contributed by atoms with Crippen LogP contribution in [0.2, 0.25) is 15.1 Å². The summed E-state index contributed by atoms with van der Waals surface area (Å²) in [5, 5.41) is 48.8. The lowest BCUT2D eigenvalue weighted by Gasteiger charge is -2.03. The molecule has 0 fully saturated rings. The smallest absolute Gasteiger partial charge is 0.295 e. The Morgan fingerprint density at radius 3 is 1.30 bits per heavy atom. The molecule has 0 unspecified atom stereocenters. The van der Waals surface area contributed by atoms with Gasteiger partial charge in [-0.15, -0.1) is 26.0 Å². The Bertz CT molecular complexity index is 2040. The van der Waals surface area contributed by atoms with Crippen molar-refractivity contribution in [3.05, 3.63) is 131 Å². The van der Waals surface area contributed by atoms with Crippen molar-refractivity contribution in [2.45, 2.75) is 21.3 Å². The number of nitrogen functional groups attached to an aromatic ring is 2. The molecule has 0 atom stereocenters. The van der Waals surface area contributed by atoms with Crippen molar-refractivity contribution in [1.82, 2.24) is 0 Å². The fraction of sp³-hybridized carbons (Fsp3) is 0.128. The number of rotatable bonds is 5. The van der Waals surface area contributed by atoms with Crippen molar-refractivity contribution < 1.29 is 34.5 Å². The van der Waals surface area contributed by atoms with E-state index in [-0.39, 0.29) is 60.1 Å². The minimum absolute atomic E-state index is 0. The van der Waals surface area contributed by atoms with Crippen LogP contribution < -0.4 is 20.9 Å². The number of nitro groups is 3. The molecule has 60 heavy (non-hydrogen) atoms. The Hall–Kier alpha value is -7.08. The number of nitrogens with zero attached hydrogens (tertiary/aromatic N) is 3. The average molecular weight is 878 g/mol. The second-order valence-corrected chi connectivity index (χ2v) is 9.92. The van der Waals surface area contributed by atoms with Gasteiger partial charge in [0.15, 0.2) is 15.7 Å². The van der Waals surface area contributed by atoms with Gasteiger partial charge in [-0.1, -0.05) is 78.3 Å². The number of benzene rings is 4. The number of methoxy groups -OCH3 is 2. The summed E-state index contributed by atoms with van der Waals surface area (Å²) in [6, 6.07) is 17.4. The number of hydrogen-bond acceptors (Lipinski definition) is 12. The quantitative estimate of drug-likeness (QED) is 0.0280. The fourth-order valence-electron chi connectivity index (χ4n) is 2.96. The Morgan fingerprint density at radius 1 is 0.650 bits per heavy atom. The van der Waals surface area contributed by atoms with Crippen LogP contribution in [-0.2, 0) is 0 Å². The number of ether oxygens (including phenoxy) is 2. The number of phenolic OH excluding ortho intramolecular Hbond substituents is 2. The number of nitro benzene ring substituents is 3. The monoisotopic (exact) mass is 876 g/mol. The summed E-state index contributed by atoms with van der Waals surface area (Å²) in [6.45, 7) is 9.54. The van der Waals surface area contributed by atoms with E-state index in [0.717, 1.165) is 0 Å². The maximum atomic E-state index is 10.4. The summed E-state index contributed by atoms with van der Waals surface area (Å²) in [7, 11) is 11.0. The second-order valence-electron chi connectivity index (χ2n) is 8.79. The van der Waals surface area contributed by atoms with Crippen LogP contribution in [0.5, 0.6) is 23.0 Å². The first kappa shape index (κ1) is 64.8. The largest absolute Gasteiger partial charge is 0.506 e. The van der Waals surface area contributed by atoms with Crippen LogP contribution in [-0.4, -0.2) is 63.1 Å². The van der Waals surface area contributed by atoms with Gasteiger partial charge >= 0.3 is 0 Å². The minimum Gasteiger partial charge on any atom is -0.506 e. The minimum atomic E-state index is -0.651. The highest BCUT2D eigenvalue weighted by molar-refractivity contribution is 6.75. The summed E-state index contributed by atoms with van der Waals surface area (Å²) in [6.07, 6.45) is 9.08. The van der Waals surface area contributed by atoms with Gasteiger partial charge in [-0.25, -0.2) is 0 Å². The van der Waals surface area contributed by atoms with E-state index in [4.69, 9.17) is 66.0 Å². The van der Waals surface area contributed by atoms with Gasteiger partial charge in [-0.05, 0) is 67.9 Å². The molecule has 0 saturated carbocycles. The summed E-state index contributed by atoms with van der Waals surface area (Å²) < 4.78 is 9.71. The number of hydrogen-bond donors (Lipinski definition) is 4. The van der Waals surface area contributed by atoms with E-state index >= 15 is 0 Å². The maximum absolute atomic E-state index is 10.4. The van der Waals surface area contributed by atoms with Gasteiger partial charge in [-0.2, -0.15) is 0 Å². The highest BCUT2D eigenvalue weighted by Crippen LogP contribution is 2.33. The van der Waals surface area contributed by atoms with E-state index in [1.807, 2.05) is 11.8 Å². The summed E-state index contributed by atoms with van der Waals surface area (Å²) in [5.74, 6) is 14.8. The number of aromatic hydroxyl groups is 2. The van der Waals surface area contributed by atoms with Crippen LogP contribution in [0.25, 0.3) is 0 Å². The van der Waals surface area contributed by atoms with Gasteiger partial charge in [0.1, 0.15) is 28.0 Å². The molecule has 0 bridgehead atoms. The molecule has 0 aliphatic carbocycles. The normalized spacial score (nSPS) is 7.62. The second kappa shape index (κ2) is 40.1. The summed E-state index contributed by atoms with van der Waals surface area (Å²) in [5.41, 5.74) is 10.3. The Morgan fingerprint density at radius 2 is 0.983 bits per heavy atom. The van der Waals surface area contributed by atoms with Crippen molar-refractivity contribution in [2.75, 3.05) is 25.7 Å². The maximum Gasteiger partial charge on any atom is 0.295 e. The van der Waals surface area contributed by atoms with Gasteiger partial charge in [0, 0.05) is 42.1 Å². The highest BCUT2D eigenvalue weighted by Gasteiger charge is 2.16. The first-order valence-electron chi connectivity index (χ1n) is 15.0. The Kier molecular flexibility index (Phi) is 43.3. The number of nitrogens with two attached hydrogens (primary N) is 2. The third-order valence-corrected chi connectivity index (χ3v) is 6.55. The van der Waals surface area contributed by atoms with Crippen molar-refractivity contribution in [3.63, 3.8) is 0 Å². The van der Waals surface area contributed by atoms with Crippen LogP contribution in [0.15, 0.2) is 86.0 Å². The lowest BCUT2D eigenvalue weighted by atomic mass is 9.81. The fourth-order valence-corrected chi connectivity index (χ4v) is 3.63. The zero-order chi connectivity index (χ0) is 45.8. The predicted octanol–water partition coefficient (Wildman–Crippen LogP) is 8.61. The standard InChI is InChI=1S/C7H6ClNO3.C7H8ClNO.C6H4ClNO3.C6H6N2O3.C6H6.C4H2.C2H4.CH4.B2.B/c1-12-6-4-2-3-5(7(6)8)9(10)11;1-10-6-4-2-3-5(9)7(6)8;2*7-6-4(8(10)11)2-1-3-5(6)9;1-3-5-6-4-2;1-3-4-2;1-2;;1-2;/h2-4H,1H3;2-4H,9H2,1H3;1-3,9H;1-3,9H,7H2;1-2H3;1-2H;1-2H2;1H4;;. The molecule has 0 saturated heterocycles. The molecule has 15 nitrogen and oxygen atoms in total. The number of para-hydroxylation sites is 1. The van der Waals surface area contributed by atoms with Crippen molar-refractivity contribution in [3.8, 4) is 71.4 Å². The molecule has 4 aromatic carbocycles. The molecule has 311 valence electrons. The molecule has 0 aromatic heterocycles. The molecule has 4 rings (SSSR count). The number of terminal acetylenes is 2. The third-order valence-electron chi connectivity index (χ3n) is 5.38. The number of halogens is 3. The number of anilines is 2. The molecule has 6 N–H and O–H groups in total. The van der Waals surface area contributed by atoms with Crippen molar-refractivity contribution >= 4 is 87.1 Å². The Labute approximate surface area is 369 Å². The van der Waals surface area contributed by atoms with Gasteiger partial charge in [0.25, 0.3) is 17.1 Å². The van der Waals surface area contributed by atoms with Crippen LogP contribution >= 0.6 is 34.8 Å². The zero-order valence-corrected chi connectivity index (χ0v) is 34.3. The molecule has 0 amide bonds.